The number of piperidine rings is 1. The Kier molecular flexibility index (Phi) is 5.73. The van der Waals surface area contributed by atoms with E-state index in [1.807, 2.05) is 0 Å². The Morgan fingerprint density at radius 2 is 2.29 bits per heavy atom. The molecule has 21 heavy (non-hydrogen) atoms. The number of aliphatic hydroxyl groups excluding tert-OH is 1. The molecule has 0 aromatic heterocycles. The Hall–Kier alpha value is -0.970. The normalized spacial score (nSPS) is 20.2. The van der Waals surface area contributed by atoms with Crippen LogP contribution in [-0.2, 0) is 4.79 Å². The summed E-state index contributed by atoms with van der Waals surface area (Å²) in [5, 5.41) is 9.94. The van der Waals surface area contributed by atoms with Crippen LogP contribution in [0.4, 0.5) is 0 Å². The van der Waals surface area contributed by atoms with Crippen LogP contribution in [0.2, 0.25) is 10.0 Å². The maximum Gasteiger partial charge on any atom is 0.263 e. The number of ether oxygens (including phenoxy) is 1. The number of rotatable bonds is 4. The highest BCUT2D eigenvalue weighted by atomic mass is 35.5. The number of hydrogen-bond donors (Lipinski definition) is 1. The largest absolute Gasteiger partial charge is 0.479 e. The van der Waals surface area contributed by atoms with Crippen LogP contribution in [0.1, 0.15) is 19.8 Å². The van der Waals surface area contributed by atoms with Crippen molar-refractivity contribution in [2.75, 3.05) is 19.7 Å². The molecule has 1 aromatic carbocycles. The van der Waals surface area contributed by atoms with Crippen LogP contribution in [0.5, 0.6) is 5.75 Å². The van der Waals surface area contributed by atoms with Crippen molar-refractivity contribution in [3.8, 4) is 5.75 Å². The Labute approximate surface area is 134 Å². The van der Waals surface area contributed by atoms with Gasteiger partial charge in [-0.2, -0.15) is 0 Å². The van der Waals surface area contributed by atoms with E-state index in [1.165, 1.54) is 0 Å². The highest BCUT2D eigenvalue weighted by Crippen LogP contribution is 2.32. The average Bonchev–Trinajstić information content (AvgIpc) is 2.51. The molecule has 2 unspecified atom stereocenters. The highest BCUT2D eigenvalue weighted by molar-refractivity contribution is 6.42. The molecule has 1 heterocycles. The zero-order valence-corrected chi connectivity index (χ0v) is 13.4. The fourth-order valence-electron chi connectivity index (χ4n) is 2.49. The van der Waals surface area contributed by atoms with Gasteiger partial charge < -0.3 is 14.7 Å². The maximum atomic E-state index is 12.4. The second-order valence-corrected chi connectivity index (χ2v) is 6.07. The van der Waals surface area contributed by atoms with Crippen LogP contribution in [0.15, 0.2) is 18.2 Å². The molecule has 1 N–H and O–H groups in total. The van der Waals surface area contributed by atoms with Gasteiger partial charge in [-0.15, -0.1) is 0 Å². The summed E-state index contributed by atoms with van der Waals surface area (Å²) < 4.78 is 5.64. The SMILES string of the molecule is CC(Oc1cccc(Cl)c1Cl)C(=O)N1CCCC(CO)C1. The summed E-state index contributed by atoms with van der Waals surface area (Å²) in [6, 6.07) is 5.08. The third-order valence-electron chi connectivity index (χ3n) is 3.66. The molecule has 1 aliphatic heterocycles. The number of carbonyl (C=O) groups is 1. The molecular formula is C15H19Cl2NO3. The summed E-state index contributed by atoms with van der Waals surface area (Å²) in [6.45, 7) is 3.08. The molecule has 2 atom stereocenters. The molecule has 1 aliphatic rings. The minimum absolute atomic E-state index is 0.0933. The summed E-state index contributed by atoms with van der Waals surface area (Å²) in [6.07, 6.45) is 1.22. The summed E-state index contributed by atoms with van der Waals surface area (Å²) in [5.41, 5.74) is 0. The van der Waals surface area contributed by atoms with Gasteiger partial charge in [-0.05, 0) is 37.8 Å². The third-order valence-corrected chi connectivity index (χ3v) is 4.46. The molecule has 0 saturated carbocycles. The average molecular weight is 332 g/mol. The fraction of sp³-hybridized carbons (Fsp3) is 0.533. The first-order valence-electron chi connectivity index (χ1n) is 7.03. The van der Waals surface area contributed by atoms with Gasteiger partial charge in [0.25, 0.3) is 5.91 Å². The first-order chi connectivity index (χ1) is 10.0. The van der Waals surface area contributed by atoms with E-state index in [0.29, 0.717) is 28.9 Å². The van der Waals surface area contributed by atoms with Gasteiger partial charge in [-0.25, -0.2) is 0 Å². The van der Waals surface area contributed by atoms with Crippen molar-refractivity contribution in [1.29, 1.82) is 0 Å². The molecule has 0 aliphatic carbocycles. The predicted molar refractivity (Wildman–Crippen MR) is 82.9 cm³/mol. The first kappa shape index (κ1) is 16.4. The highest BCUT2D eigenvalue weighted by Gasteiger charge is 2.27. The van der Waals surface area contributed by atoms with Crippen molar-refractivity contribution in [2.24, 2.45) is 5.92 Å². The maximum absolute atomic E-state index is 12.4. The molecule has 6 heteroatoms. The molecule has 4 nitrogen and oxygen atoms in total. The standard InChI is InChI=1S/C15H19Cl2NO3/c1-10(21-13-6-2-5-12(16)14(13)17)15(20)18-7-3-4-11(8-18)9-19/h2,5-6,10-11,19H,3-4,7-9H2,1H3. The number of amides is 1. The minimum Gasteiger partial charge on any atom is -0.479 e. The van der Waals surface area contributed by atoms with Crippen LogP contribution in [-0.4, -0.2) is 41.7 Å². The number of aliphatic hydroxyl groups is 1. The van der Waals surface area contributed by atoms with Crippen LogP contribution >= 0.6 is 23.2 Å². The molecule has 2 rings (SSSR count). The van der Waals surface area contributed by atoms with E-state index >= 15 is 0 Å². The number of benzene rings is 1. The van der Waals surface area contributed by atoms with Crippen molar-refractivity contribution in [3.63, 3.8) is 0 Å². The second-order valence-electron chi connectivity index (χ2n) is 5.29. The number of carbonyl (C=O) groups excluding carboxylic acids is 1. The van der Waals surface area contributed by atoms with E-state index in [0.717, 1.165) is 12.8 Å². The van der Waals surface area contributed by atoms with Gasteiger partial charge in [-0.3, -0.25) is 4.79 Å². The second kappa shape index (κ2) is 7.34. The molecular weight excluding hydrogens is 313 g/mol. The van der Waals surface area contributed by atoms with Crippen molar-refractivity contribution < 1.29 is 14.6 Å². The van der Waals surface area contributed by atoms with Gasteiger partial charge in [0.05, 0.1) is 5.02 Å². The molecule has 0 spiro atoms. The van der Waals surface area contributed by atoms with E-state index in [-0.39, 0.29) is 18.4 Å². The Balaban J connectivity index is 2.00. The number of likely N-dealkylation sites (tertiary alicyclic amines) is 1. The van der Waals surface area contributed by atoms with Gasteiger partial charge in [0.1, 0.15) is 10.8 Å². The van der Waals surface area contributed by atoms with E-state index < -0.39 is 6.10 Å². The first-order valence-corrected chi connectivity index (χ1v) is 7.78. The van der Waals surface area contributed by atoms with E-state index in [2.05, 4.69) is 0 Å². The summed E-state index contributed by atoms with van der Waals surface area (Å²) in [4.78, 5) is 14.1. The zero-order valence-electron chi connectivity index (χ0n) is 11.9. The van der Waals surface area contributed by atoms with E-state index in [4.69, 9.17) is 27.9 Å². The smallest absolute Gasteiger partial charge is 0.263 e. The van der Waals surface area contributed by atoms with E-state index in [9.17, 15) is 9.90 Å². The van der Waals surface area contributed by atoms with Gasteiger partial charge in [0, 0.05) is 19.7 Å². The van der Waals surface area contributed by atoms with Crippen LogP contribution < -0.4 is 4.74 Å². The molecule has 1 amide bonds. The van der Waals surface area contributed by atoms with Crippen molar-refractivity contribution in [3.05, 3.63) is 28.2 Å². The monoisotopic (exact) mass is 331 g/mol. The molecule has 0 bridgehead atoms. The van der Waals surface area contributed by atoms with Crippen LogP contribution in [0.25, 0.3) is 0 Å². The lowest BCUT2D eigenvalue weighted by atomic mass is 9.99. The Bertz CT molecular complexity index is 510. The quantitative estimate of drug-likeness (QED) is 0.922. The molecule has 0 radical (unpaired) electrons. The van der Waals surface area contributed by atoms with E-state index in [1.54, 1.807) is 30.0 Å². The number of nitrogens with zero attached hydrogens (tertiary/aromatic N) is 1. The van der Waals surface area contributed by atoms with Crippen molar-refractivity contribution >= 4 is 29.1 Å². The molecule has 1 saturated heterocycles. The molecule has 1 fully saturated rings. The number of halogens is 2. The summed E-state index contributed by atoms with van der Waals surface area (Å²) >= 11 is 12.0. The van der Waals surface area contributed by atoms with Gasteiger partial charge in [0.15, 0.2) is 6.10 Å². The topological polar surface area (TPSA) is 49.8 Å². The van der Waals surface area contributed by atoms with Gasteiger partial charge in [-0.1, -0.05) is 29.3 Å². The Morgan fingerprint density at radius 3 is 3.00 bits per heavy atom. The lowest BCUT2D eigenvalue weighted by molar-refractivity contribution is -0.140. The van der Waals surface area contributed by atoms with Gasteiger partial charge >= 0.3 is 0 Å². The lowest BCUT2D eigenvalue weighted by Crippen LogP contribution is -2.46. The Morgan fingerprint density at radius 1 is 1.52 bits per heavy atom. The molecule has 1 aromatic rings. The van der Waals surface area contributed by atoms with Crippen LogP contribution in [0, 0.1) is 5.92 Å². The predicted octanol–water partition coefficient (Wildman–Crippen LogP) is 2.99. The van der Waals surface area contributed by atoms with Gasteiger partial charge in [0.2, 0.25) is 0 Å². The zero-order chi connectivity index (χ0) is 15.4. The number of hydrogen-bond acceptors (Lipinski definition) is 3. The van der Waals surface area contributed by atoms with Crippen molar-refractivity contribution in [2.45, 2.75) is 25.9 Å². The van der Waals surface area contributed by atoms with Crippen LogP contribution in [0.3, 0.4) is 0 Å². The summed E-state index contributed by atoms with van der Waals surface area (Å²) in [5.74, 6) is 0.467. The third kappa shape index (κ3) is 4.02. The fourth-order valence-corrected chi connectivity index (χ4v) is 2.82. The molecule has 116 valence electrons. The minimum atomic E-state index is -0.640. The summed E-state index contributed by atoms with van der Waals surface area (Å²) in [7, 11) is 0. The van der Waals surface area contributed by atoms with Crippen molar-refractivity contribution in [1.82, 2.24) is 4.90 Å². The lowest BCUT2D eigenvalue weighted by Gasteiger charge is -2.33.